The summed E-state index contributed by atoms with van der Waals surface area (Å²) in [6, 6.07) is 10.6. The summed E-state index contributed by atoms with van der Waals surface area (Å²) in [5.74, 6) is 1.30. The molecule has 0 amide bonds. The minimum Gasteiger partial charge on any atom is -0.476 e. The van der Waals surface area contributed by atoms with Crippen molar-refractivity contribution in [3.8, 4) is 5.88 Å². The molecular formula is C20H26N4O. The topological polar surface area (TPSA) is 64.3 Å². The Morgan fingerprint density at radius 3 is 2.68 bits per heavy atom. The SMILES string of the molecule is Nc1nc(OCCN2CCCC2)c2c(n1)C(c1ccccc1)CCC2. The van der Waals surface area contributed by atoms with Crippen molar-refractivity contribution in [2.75, 3.05) is 32.0 Å². The second kappa shape index (κ2) is 7.40. The number of nitrogens with two attached hydrogens (primary N) is 1. The third kappa shape index (κ3) is 3.61. The van der Waals surface area contributed by atoms with Crippen LogP contribution in [0.1, 0.15) is 48.4 Å². The fourth-order valence-electron chi connectivity index (χ4n) is 4.05. The molecule has 1 saturated heterocycles. The van der Waals surface area contributed by atoms with Gasteiger partial charge in [0.25, 0.3) is 0 Å². The zero-order valence-electron chi connectivity index (χ0n) is 14.7. The van der Waals surface area contributed by atoms with Crippen molar-refractivity contribution in [3.63, 3.8) is 0 Å². The molecule has 0 saturated carbocycles. The summed E-state index contributed by atoms with van der Waals surface area (Å²) >= 11 is 0. The Bertz CT molecular complexity index is 713. The van der Waals surface area contributed by atoms with Crippen molar-refractivity contribution < 1.29 is 4.74 Å². The minimum atomic E-state index is 0.288. The molecule has 4 rings (SSSR count). The summed E-state index contributed by atoms with van der Waals surface area (Å²) in [7, 11) is 0. The number of aromatic nitrogens is 2. The number of nitrogens with zero attached hydrogens (tertiary/aromatic N) is 3. The fraction of sp³-hybridized carbons (Fsp3) is 0.500. The number of ether oxygens (including phenoxy) is 1. The molecule has 1 unspecified atom stereocenters. The standard InChI is InChI=1S/C20H26N4O/c21-20-22-18-16(15-7-2-1-3-8-15)9-6-10-17(18)19(23-20)25-14-13-24-11-4-5-12-24/h1-3,7-8,16H,4-6,9-14H2,(H2,21,22,23). The molecule has 1 aliphatic carbocycles. The van der Waals surface area contributed by atoms with Crippen molar-refractivity contribution in [1.29, 1.82) is 0 Å². The Balaban J connectivity index is 1.55. The summed E-state index contributed by atoms with van der Waals surface area (Å²) in [5, 5.41) is 0. The van der Waals surface area contributed by atoms with E-state index in [1.165, 1.54) is 31.5 Å². The average Bonchev–Trinajstić information content (AvgIpc) is 3.15. The molecule has 0 spiro atoms. The van der Waals surface area contributed by atoms with E-state index >= 15 is 0 Å². The number of benzene rings is 1. The predicted molar refractivity (Wildman–Crippen MR) is 98.8 cm³/mol. The molecular weight excluding hydrogens is 312 g/mol. The van der Waals surface area contributed by atoms with E-state index in [9.17, 15) is 0 Å². The lowest BCUT2D eigenvalue weighted by Gasteiger charge is -2.26. The van der Waals surface area contributed by atoms with Gasteiger partial charge in [0.2, 0.25) is 11.8 Å². The molecule has 1 aromatic heterocycles. The second-order valence-electron chi connectivity index (χ2n) is 7.00. The highest BCUT2D eigenvalue weighted by atomic mass is 16.5. The van der Waals surface area contributed by atoms with Crippen molar-refractivity contribution in [2.45, 2.75) is 38.0 Å². The first-order chi connectivity index (χ1) is 12.3. The van der Waals surface area contributed by atoms with Crippen molar-refractivity contribution in [2.24, 2.45) is 0 Å². The van der Waals surface area contributed by atoms with Gasteiger partial charge in [-0.25, -0.2) is 4.98 Å². The van der Waals surface area contributed by atoms with Crippen molar-refractivity contribution in [1.82, 2.24) is 14.9 Å². The highest BCUT2D eigenvalue weighted by Gasteiger charge is 2.27. The first-order valence-electron chi connectivity index (χ1n) is 9.37. The van der Waals surface area contributed by atoms with Crippen LogP contribution in [0.15, 0.2) is 30.3 Å². The van der Waals surface area contributed by atoms with Crippen LogP contribution in [0.4, 0.5) is 5.95 Å². The van der Waals surface area contributed by atoms with Crippen molar-refractivity contribution >= 4 is 5.95 Å². The van der Waals surface area contributed by atoms with Crippen LogP contribution < -0.4 is 10.5 Å². The van der Waals surface area contributed by atoms with Gasteiger partial charge in [-0.05, 0) is 50.8 Å². The number of rotatable bonds is 5. The minimum absolute atomic E-state index is 0.288. The number of likely N-dealkylation sites (tertiary alicyclic amines) is 1. The van der Waals surface area contributed by atoms with Crippen LogP contribution in [-0.4, -0.2) is 41.1 Å². The normalized spacial score (nSPS) is 20.4. The van der Waals surface area contributed by atoms with Crippen LogP contribution in [0.2, 0.25) is 0 Å². The zero-order chi connectivity index (χ0) is 17.1. The Labute approximate surface area is 149 Å². The molecule has 1 atom stereocenters. The molecule has 0 bridgehead atoms. The molecule has 25 heavy (non-hydrogen) atoms. The van der Waals surface area contributed by atoms with Gasteiger partial charge in [-0.1, -0.05) is 30.3 Å². The molecule has 5 nitrogen and oxygen atoms in total. The molecule has 1 aliphatic heterocycles. The fourth-order valence-corrected chi connectivity index (χ4v) is 4.05. The van der Waals surface area contributed by atoms with E-state index in [1.807, 2.05) is 0 Å². The monoisotopic (exact) mass is 338 g/mol. The lowest BCUT2D eigenvalue weighted by atomic mass is 9.82. The van der Waals surface area contributed by atoms with Gasteiger partial charge in [-0.15, -0.1) is 0 Å². The molecule has 1 aromatic carbocycles. The summed E-state index contributed by atoms with van der Waals surface area (Å²) in [4.78, 5) is 11.4. The highest BCUT2D eigenvalue weighted by molar-refractivity contribution is 5.43. The molecule has 0 radical (unpaired) electrons. The largest absolute Gasteiger partial charge is 0.476 e. The van der Waals surface area contributed by atoms with Gasteiger partial charge < -0.3 is 10.5 Å². The van der Waals surface area contributed by atoms with E-state index in [0.717, 1.165) is 37.1 Å². The van der Waals surface area contributed by atoms with Gasteiger partial charge in [0, 0.05) is 18.0 Å². The van der Waals surface area contributed by atoms with Gasteiger partial charge in [0.05, 0.1) is 5.69 Å². The van der Waals surface area contributed by atoms with E-state index < -0.39 is 0 Å². The summed E-state index contributed by atoms with van der Waals surface area (Å²) < 4.78 is 6.06. The molecule has 2 aliphatic rings. The molecule has 2 aromatic rings. The van der Waals surface area contributed by atoms with E-state index in [-0.39, 0.29) is 5.92 Å². The van der Waals surface area contributed by atoms with Gasteiger partial charge >= 0.3 is 0 Å². The highest BCUT2D eigenvalue weighted by Crippen LogP contribution is 2.38. The van der Waals surface area contributed by atoms with Crippen LogP contribution in [0.5, 0.6) is 5.88 Å². The van der Waals surface area contributed by atoms with Crippen LogP contribution in [0.25, 0.3) is 0 Å². The van der Waals surface area contributed by atoms with Crippen LogP contribution in [0, 0.1) is 0 Å². The number of nitrogen functional groups attached to an aromatic ring is 1. The molecule has 2 N–H and O–H groups in total. The Kier molecular flexibility index (Phi) is 4.83. The Hall–Kier alpha value is -2.14. The smallest absolute Gasteiger partial charge is 0.223 e. The van der Waals surface area contributed by atoms with Gasteiger partial charge in [-0.3, -0.25) is 4.90 Å². The van der Waals surface area contributed by atoms with E-state index in [2.05, 4.69) is 45.2 Å². The van der Waals surface area contributed by atoms with Gasteiger partial charge in [0.1, 0.15) is 6.61 Å². The quantitative estimate of drug-likeness (QED) is 0.908. The summed E-state index contributed by atoms with van der Waals surface area (Å²) in [5.41, 5.74) is 9.51. The first-order valence-corrected chi connectivity index (χ1v) is 9.37. The molecule has 1 fully saturated rings. The van der Waals surface area contributed by atoms with Crippen LogP contribution >= 0.6 is 0 Å². The molecule has 2 heterocycles. The zero-order valence-corrected chi connectivity index (χ0v) is 14.7. The molecule has 5 heteroatoms. The maximum atomic E-state index is 6.06. The second-order valence-corrected chi connectivity index (χ2v) is 7.00. The van der Waals surface area contributed by atoms with Crippen molar-refractivity contribution in [3.05, 3.63) is 47.2 Å². The molecule has 132 valence electrons. The van der Waals surface area contributed by atoms with E-state index in [0.29, 0.717) is 18.4 Å². The first kappa shape index (κ1) is 16.3. The predicted octanol–water partition coefficient (Wildman–Crippen LogP) is 3.00. The van der Waals surface area contributed by atoms with Crippen LogP contribution in [-0.2, 0) is 6.42 Å². The third-order valence-corrected chi connectivity index (χ3v) is 5.32. The Morgan fingerprint density at radius 2 is 1.88 bits per heavy atom. The maximum absolute atomic E-state index is 6.06. The number of fused-ring (bicyclic) bond motifs is 1. The number of hydrogen-bond acceptors (Lipinski definition) is 5. The average molecular weight is 338 g/mol. The lowest BCUT2D eigenvalue weighted by Crippen LogP contribution is -2.26. The maximum Gasteiger partial charge on any atom is 0.223 e. The summed E-state index contributed by atoms with van der Waals surface area (Å²) in [6.07, 6.45) is 5.80. The van der Waals surface area contributed by atoms with Gasteiger partial charge in [-0.2, -0.15) is 4.98 Å². The van der Waals surface area contributed by atoms with Crippen LogP contribution in [0.3, 0.4) is 0 Å². The summed E-state index contributed by atoms with van der Waals surface area (Å²) in [6.45, 7) is 3.99. The third-order valence-electron chi connectivity index (χ3n) is 5.32. The van der Waals surface area contributed by atoms with Gasteiger partial charge in [0.15, 0.2) is 0 Å². The Morgan fingerprint density at radius 1 is 1.08 bits per heavy atom. The lowest BCUT2D eigenvalue weighted by molar-refractivity contribution is 0.229. The number of anilines is 1. The van der Waals surface area contributed by atoms with E-state index in [1.54, 1.807) is 0 Å². The van der Waals surface area contributed by atoms with E-state index in [4.69, 9.17) is 10.5 Å². The number of hydrogen-bond donors (Lipinski definition) is 1.